The minimum absolute atomic E-state index is 0.0158. The van der Waals surface area contributed by atoms with Gasteiger partial charge in [0.25, 0.3) is 0 Å². The molecule has 0 spiro atoms. The minimum atomic E-state index is -1.64. The number of hydrogen-bond acceptors (Lipinski definition) is 27. The zero-order valence-corrected chi connectivity index (χ0v) is 43.7. The minimum Gasteiger partial charge on any atom is -0.468 e. The molecule has 0 fully saturated rings. The summed E-state index contributed by atoms with van der Waals surface area (Å²) >= 11 is 0. The molecule has 0 aromatic heterocycles. The van der Waals surface area contributed by atoms with Crippen molar-refractivity contribution in [2.45, 2.75) is 55.4 Å². The quantitative estimate of drug-likeness (QED) is 0.0240. The maximum atomic E-state index is 12.3. The summed E-state index contributed by atoms with van der Waals surface area (Å²) in [5.41, 5.74) is -11.6. The molecule has 422 valence electrons. The molecule has 0 aliphatic carbocycles. The Bertz CT molecular complexity index is 1710. The van der Waals surface area contributed by atoms with Gasteiger partial charge in [0.1, 0.15) is 76.4 Å². The highest BCUT2D eigenvalue weighted by Gasteiger charge is 2.45. The molecule has 5 atom stereocenters. The number of hydrogen-bond donors (Lipinski definition) is 9. The number of methoxy groups -OCH3 is 5. The molecule has 0 heterocycles. The van der Waals surface area contributed by atoms with Crippen molar-refractivity contribution in [3.05, 3.63) is 0 Å². The summed E-state index contributed by atoms with van der Waals surface area (Å²) in [5.74, 6) is -6.59. The number of aliphatic hydroxyl groups is 9. The Morgan fingerprint density at radius 3 is 0.611 bits per heavy atom. The highest BCUT2D eigenvalue weighted by atomic mass is 16.6. The van der Waals surface area contributed by atoms with Gasteiger partial charge >= 0.3 is 47.8 Å². The fourth-order valence-electron chi connectivity index (χ4n) is 4.74. The molecule has 0 saturated carbocycles. The van der Waals surface area contributed by atoms with Gasteiger partial charge in [-0.1, -0.05) is 0 Å². The first-order valence-electron chi connectivity index (χ1n) is 21.8. The standard InChI is InChI=1S/C17H30O10.C16H28O10.C12H22O7/c1-15(6-18,7-19)13(22)26-10-17(3,12(21)25-5)11-27-14(23)16(2,8-20)9-24-4;1-14(5-17,6-18)12(22)25-10-16(3,8-20)13(23)26-9-15(2,7-19)11(21)24-4;1-11(5-13,6-14)10(16)19-8-12(2,7-17-3)9(15)18-4/h18-20H,6-11H2,1-5H3;17-20H,5-10H2,1-4H3;13-14H,5-8H2,1-4H3. The zero-order valence-electron chi connectivity index (χ0n) is 43.7. The SMILES string of the molecule is COC(=O)C(C)(CO)COC(=O)C(C)(CO)COC(=O)C(C)(CO)CO.COCC(C)(CO)C(=O)OCC(C)(COC(=O)C(C)(CO)CO)C(=O)OC.COCC(C)(COC(=O)C(C)(CO)CO)C(=O)OC. The van der Waals surface area contributed by atoms with E-state index < -0.39 is 177 Å². The second-order valence-electron chi connectivity index (χ2n) is 19.1. The average molecular weight is 1050 g/mol. The van der Waals surface area contributed by atoms with Gasteiger partial charge in [0, 0.05) is 14.2 Å². The summed E-state index contributed by atoms with van der Waals surface area (Å²) < 4.78 is 48.8. The third-order valence-electron chi connectivity index (χ3n) is 11.2. The molecule has 5 unspecified atom stereocenters. The van der Waals surface area contributed by atoms with Gasteiger partial charge in [-0.25, -0.2) is 0 Å². The number of esters is 8. The van der Waals surface area contributed by atoms with Crippen LogP contribution in [-0.4, -0.2) is 235 Å². The van der Waals surface area contributed by atoms with Gasteiger partial charge < -0.3 is 93.3 Å². The fourth-order valence-corrected chi connectivity index (χ4v) is 4.74. The highest BCUT2D eigenvalue weighted by Crippen LogP contribution is 2.28. The predicted octanol–water partition coefficient (Wildman–Crippen LogP) is -3.53. The molecule has 0 rings (SSSR count). The van der Waals surface area contributed by atoms with Gasteiger partial charge in [-0.05, 0) is 55.4 Å². The summed E-state index contributed by atoms with van der Waals surface area (Å²) in [6.45, 7) is 2.76. The number of carbonyl (C=O) groups excluding carboxylic acids is 8. The number of carbonyl (C=O) groups is 8. The van der Waals surface area contributed by atoms with Crippen LogP contribution in [0.4, 0.5) is 0 Å². The summed E-state index contributed by atoms with van der Waals surface area (Å²) in [7, 11) is 6.24. The molecular weight excluding hydrogens is 972 g/mol. The Balaban J connectivity index is -0.00000101. The van der Waals surface area contributed by atoms with E-state index in [0.717, 1.165) is 14.2 Å². The first kappa shape index (κ1) is 71.6. The molecule has 27 nitrogen and oxygen atoms in total. The van der Waals surface area contributed by atoms with E-state index in [9.17, 15) is 63.9 Å². The largest absolute Gasteiger partial charge is 0.468 e. The second-order valence-corrected chi connectivity index (χ2v) is 19.1. The lowest BCUT2D eigenvalue weighted by molar-refractivity contribution is -0.180. The third-order valence-corrected chi connectivity index (χ3v) is 11.2. The topological polar surface area (TPSA) is 411 Å². The summed E-state index contributed by atoms with van der Waals surface area (Å²) in [6.07, 6.45) is 0. The molecule has 0 aromatic rings. The van der Waals surface area contributed by atoms with E-state index in [1.54, 1.807) is 0 Å². The lowest BCUT2D eigenvalue weighted by Crippen LogP contribution is -2.45. The Morgan fingerprint density at radius 2 is 0.403 bits per heavy atom. The molecule has 0 bridgehead atoms. The van der Waals surface area contributed by atoms with Crippen molar-refractivity contribution >= 4 is 47.8 Å². The van der Waals surface area contributed by atoms with Gasteiger partial charge in [-0.15, -0.1) is 0 Å². The van der Waals surface area contributed by atoms with Gasteiger partial charge in [0.15, 0.2) is 0 Å². The number of aliphatic hydroxyl groups excluding tert-OH is 9. The predicted molar refractivity (Wildman–Crippen MR) is 243 cm³/mol. The Hall–Kier alpha value is -4.68. The van der Waals surface area contributed by atoms with Crippen LogP contribution in [0.15, 0.2) is 0 Å². The van der Waals surface area contributed by atoms with Crippen molar-refractivity contribution in [3.63, 3.8) is 0 Å². The number of ether oxygens (including phenoxy) is 10. The van der Waals surface area contributed by atoms with E-state index in [-0.39, 0.29) is 19.8 Å². The van der Waals surface area contributed by atoms with Crippen LogP contribution in [0.1, 0.15) is 55.4 Å². The first-order valence-corrected chi connectivity index (χ1v) is 21.8. The molecule has 0 saturated heterocycles. The normalized spacial score (nSPS) is 15.7. The second kappa shape index (κ2) is 32.5. The van der Waals surface area contributed by atoms with Crippen LogP contribution in [0.5, 0.6) is 0 Å². The summed E-state index contributed by atoms with van der Waals surface area (Å²) in [4.78, 5) is 95.7. The molecule has 72 heavy (non-hydrogen) atoms. The van der Waals surface area contributed by atoms with E-state index >= 15 is 0 Å². The summed E-state index contributed by atoms with van der Waals surface area (Å²) in [5, 5.41) is 83.1. The van der Waals surface area contributed by atoms with Gasteiger partial charge in [-0.2, -0.15) is 0 Å². The molecule has 0 aliphatic rings. The molecule has 0 aromatic carbocycles. The van der Waals surface area contributed by atoms with E-state index in [2.05, 4.69) is 14.2 Å². The summed E-state index contributed by atoms with van der Waals surface area (Å²) in [6, 6.07) is 0. The monoisotopic (exact) mass is 1050 g/mol. The van der Waals surface area contributed by atoms with Crippen molar-refractivity contribution in [3.8, 4) is 0 Å². The zero-order chi connectivity index (χ0) is 57.0. The van der Waals surface area contributed by atoms with Crippen LogP contribution < -0.4 is 0 Å². The maximum absolute atomic E-state index is 12.3. The smallest absolute Gasteiger partial charge is 0.318 e. The van der Waals surface area contributed by atoms with Crippen LogP contribution in [-0.2, 0) is 85.7 Å². The lowest BCUT2D eigenvalue weighted by Gasteiger charge is -2.30. The van der Waals surface area contributed by atoms with Gasteiger partial charge in [0.2, 0.25) is 0 Å². The molecule has 9 N–H and O–H groups in total. The van der Waals surface area contributed by atoms with Crippen LogP contribution in [0.3, 0.4) is 0 Å². The first-order chi connectivity index (χ1) is 33.3. The van der Waals surface area contributed by atoms with E-state index in [1.807, 2.05) is 0 Å². The van der Waals surface area contributed by atoms with Crippen molar-refractivity contribution in [2.75, 3.05) is 141 Å². The van der Waals surface area contributed by atoms with Crippen molar-refractivity contribution in [1.82, 2.24) is 0 Å². The number of rotatable bonds is 31. The van der Waals surface area contributed by atoms with Crippen molar-refractivity contribution in [1.29, 1.82) is 0 Å². The molecule has 0 radical (unpaired) electrons. The third kappa shape index (κ3) is 20.7. The maximum Gasteiger partial charge on any atom is 0.318 e. The van der Waals surface area contributed by atoms with Crippen molar-refractivity contribution in [2.24, 2.45) is 43.3 Å². The van der Waals surface area contributed by atoms with Crippen LogP contribution in [0.2, 0.25) is 0 Å². The highest BCUT2D eigenvalue weighted by molar-refractivity contribution is 5.82. The fraction of sp³-hybridized carbons (Fsp3) is 0.822. The van der Waals surface area contributed by atoms with Gasteiger partial charge in [-0.3, -0.25) is 38.4 Å². The van der Waals surface area contributed by atoms with Crippen LogP contribution in [0, 0.1) is 43.3 Å². The molecule has 0 aliphatic heterocycles. The van der Waals surface area contributed by atoms with Gasteiger partial charge in [0.05, 0.1) is 94.0 Å². The van der Waals surface area contributed by atoms with E-state index in [0.29, 0.717) is 0 Å². The van der Waals surface area contributed by atoms with Crippen LogP contribution >= 0.6 is 0 Å². The van der Waals surface area contributed by atoms with E-state index in [1.165, 1.54) is 76.7 Å². The van der Waals surface area contributed by atoms with E-state index in [4.69, 9.17) is 53.6 Å². The molecule has 27 heteroatoms. The Kier molecular flexibility index (Phi) is 32.3. The average Bonchev–Trinajstić information content (AvgIpc) is 3.40. The molecule has 0 amide bonds. The Labute approximate surface area is 418 Å². The Morgan fingerprint density at radius 1 is 0.250 bits per heavy atom. The molecular formula is C45H80O27. The van der Waals surface area contributed by atoms with Crippen LogP contribution in [0.25, 0.3) is 0 Å². The lowest BCUT2D eigenvalue weighted by atomic mass is 9.90. The van der Waals surface area contributed by atoms with Crippen molar-refractivity contribution < 1.29 is 132 Å².